The first-order valence-electron chi connectivity index (χ1n) is 7.41. The Labute approximate surface area is 130 Å². The Morgan fingerprint density at radius 1 is 1.05 bits per heavy atom. The maximum absolute atomic E-state index is 12.8. The van der Waals surface area contributed by atoms with Crippen LogP contribution >= 0.6 is 0 Å². The molecule has 4 heteroatoms. The van der Waals surface area contributed by atoms with Crippen molar-refractivity contribution in [2.45, 2.75) is 26.4 Å². The van der Waals surface area contributed by atoms with Gasteiger partial charge in [-0.25, -0.2) is 4.39 Å². The highest BCUT2D eigenvalue weighted by molar-refractivity contribution is 5.76. The van der Waals surface area contributed by atoms with Gasteiger partial charge in [0, 0.05) is 26.1 Å². The first-order chi connectivity index (χ1) is 10.6. The van der Waals surface area contributed by atoms with Crippen molar-refractivity contribution in [3.05, 3.63) is 71.0 Å². The monoisotopic (exact) mass is 300 g/mol. The van der Waals surface area contributed by atoms with E-state index in [2.05, 4.69) is 35.8 Å². The van der Waals surface area contributed by atoms with Crippen molar-refractivity contribution in [1.29, 1.82) is 0 Å². The van der Waals surface area contributed by atoms with Crippen LogP contribution in [-0.4, -0.2) is 12.5 Å². The Kier molecular flexibility index (Phi) is 6.10. The highest BCUT2D eigenvalue weighted by Crippen LogP contribution is 2.03. The molecule has 0 radical (unpaired) electrons. The molecular formula is C18H21FN2O. The standard InChI is InChI=1S/C18H21FN2O/c1-14-3-2-4-16(11-14)12-20-10-9-18(22)21-13-15-5-7-17(19)8-6-15/h2-8,11,20H,9-10,12-13H2,1H3,(H,21,22). The molecule has 0 aromatic heterocycles. The molecule has 0 saturated carbocycles. The smallest absolute Gasteiger partial charge is 0.221 e. The Morgan fingerprint density at radius 2 is 1.82 bits per heavy atom. The second-order valence-electron chi connectivity index (χ2n) is 5.32. The lowest BCUT2D eigenvalue weighted by Crippen LogP contribution is -2.27. The van der Waals surface area contributed by atoms with E-state index in [0.717, 1.165) is 12.1 Å². The maximum atomic E-state index is 12.8. The predicted octanol–water partition coefficient (Wildman–Crippen LogP) is 2.93. The van der Waals surface area contributed by atoms with Gasteiger partial charge in [-0.15, -0.1) is 0 Å². The van der Waals surface area contributed by atoms with Gasteiger partial charge in [-0.3, -0.25) is 4.79 Å². The fourth-order valence-electron chi connectivity index (χ4n) is 2.15. The van der Waals surface area contributed by atoms with Crippen molar-refractivity contribution in [3.8, 4) is 0 Å². The molecule has 0 fully saturated rings. The first-order valence-corrected chi connectivity index (χ1v) is 7.41. The van der Waals surface area contributed by atoms with E-state index in [1.807, 2.05) is 6.07 Å². The molecule has 2 N–H and O–H groups in total. The fraction of sp³-hybridized carbons (Fsp3) is 0.278. The molecule has 2 aromatic carbocycles. The fourth-order valence-corrected chi connectivity index (χ4v) is 2.15. The highest BCUT2D eigenvalue weighted by atomic mass is 19.1. The summed E-state index contributed by atoms with van der Waals surface area (Å²) in [5.74, 6) is -0.281. The topological polar surface area (TPSA) is 41.1 Å². The molecule has 0 bridgehead atoms. The van der Waals surface area contributed by atoms with Gasteiger partial charge in [0.05, 0.1) is 0 Å². The van der Waals surface area contributed by atoms with Crippen molar-refractivity contribution < 1.29 is 9.18 Å². The number of carbonyl (C=O) groups excluding carboxylic acids is 1. The average molecular weight is 300 g/mol. The molecule has 0 aliphatic rings. The zero-order valence-electron chi connectivity index (χ0n) is 12.7. The second kappa shape index (κ2) is 8.29. The average Bonchev–Trinajstić information content (AvgIpc) is 2.51. The molecular weight excluding hydrogens is 279 g/mol. The minimum Gasteiger partial charge on any atom is -0.352 e. The number of nitrogens with one attached hydrogen (secondary N) is 2. The van der Waals surface area contributed by atoms with Crippen LogP contribution in [0.4, 0.5) is 4.39 Å². The number of hydrogen-bond acceptors (Lipinski definition) is 2. The highest BCUT2D eigenvalue weighted by Gasteiger charge is 2.01. The van der Waals surface area contributed by atoms with Gasteiger partial charge in [-0.1, -0.05) is 42.0 Å². The number of carbonyl (C=O) groups is 1. The summed E-state index contributed by atoms with van der Waals surface area (Å²) in [5.41, 5.74) is 3.34. The van der Waals surface area contributed by atoms with Crippen molar-refractivity contribution in [3.63, 3.8) is 0 Å². The van der Waals surface area contributed by atoms with Crippen LogP contribution in [0.3, 0.4) is 0 Å². The van der Waals surface area contributed by atoms with Gasteiger partial charge in [0.1, 0.15) is 5.82 Å². The van der Waals surface area contributed by atoms with E-state index in [4.69, 9.17) is 0 Å². The Balaban J connectivity index is 1.62. The molecule has 0 aliphatic carbocycles. The lowest BCUT2D eigenvalue weighted by atomic mass is 10.1. The van der Waals surface area contributed by atoms with Crippen LogP contribution in [0.2, 0.25) is 0 Å². The van der Waals surface area contributed by atoms with Crippen LogP contribution in [0.5, 0.6) is 0 Å². The van der Waals surface area contributed by atoms with Crippen LogP contribution in [0.15, 0.2) is 48.5 Å². The lowest BCUT2D eigenvalue weighted by Gasteiger charge is -2.07. The van der Waals surface area contributed by atoms with E-state index in [9.17, 15) is 9.18 Å². The van der Waals surface area contributed by atoms with E-state index in [0.29, 0.717) is 19.5 Å². The summed E-state index contributed by atoms with van der Waals surface area (Å²) >= 11 is 0. The molecule has 0 aliphatic heterocycles. The maximum Gasteiger partial charge on any atom is 0.221 e. The summed E-state index contributed by atoms with van der Waals surface area (Å²) in [6.07, 6.45) is 0.424. The third-order valence-electron chi connectivity index (χ3n) is 3.34. The summed E-state index contributed by atoms with van der Waals surface area (Å²) in [6.45, 7) is 3.87. The molecule has 2 aromatic rings. The van der Waals surface area contributed by atoms with Gasteiger partial charge >= 0.3 is 0 Å². The lowest BCUT2D eigenvalue weighted by molar-refractivity contribution is -0.121. The molecule has 116 valence electrons. The quantitative estimate of drug-likeness (QED) is 0.772. The summed E-state index contributed by atoms with van der Waals surface area (Å²) in [5, 5.41) is 6.08. The van der Waals surface area contributed by atoms with E-state index in [1.165, 1.54) is 23.3 Å². The largest absolute Gasteiger partial charge is 0.352 e. The van der Waals surface area contributed by atoms with Crippen molar-refractivity contribution in [2.24, 2.45) is 0 Å². The van der Waals surface area contributed by atoms with E-state index >= 15 is 0 Å². The van der Waals surface area contributed by atoms with E-state index in [1.54, 1.807) is 12.1 Å². The number of aryl methyl sites for hydroxylation is 1. The Hall–Kier alpha value is -2.20. The van der Waals surface area contributed by atoms with Crippen molar-refractivity contribution in [1.82, 2.24) is 10.6 Å². The second-order valence-corrected chi connectivity index (χ2v) is 5.32. The van der Waals surface area contributed by atoms with Crippen molar-refractivity contribution >= 4 is 5.91 Å². The number of benzene rings is 2. The van der Waals surface area contributed by atoms with Crippen LogP contribution in [-0.2, 0) is 17.9 Å². The van der Waals surface area contributed by atoms with Gasteiger partial charge in [0.15, 0.2) is 0 Å². The first kappa shape index (κ1) is 16.2. The molecule has 2 rings (SSSR count). The SMILES string of the molecule is Cc1cccc(CNCCC(=O)NCc2ccc(F)cc2)c1. The minimum absolute atomic E-state index is 0.0129. The molecule has 0 saturated heterocycles. The van der Waals surface area contributed by atoms with Gasteiger partial charge in [0.2, 0.25) is 5.91 Å². The van der Waals surface area contributed by atoms with Gasteiger partial charge in [-0.2, -0.15) is 0 Å². The normalized spacial score (nSPS) is 10.5. The Morgan fingerprint density at radius 3 is 2.55 bits per heavy atom. The van der Waals surface area contributed by atoms with Crippen LogP contribution in [0, 0.1) is 12.7 Å². The molecule has 0 heterocycles. The van der Waals surface area contributed by atoms with E-state index in [-0.39, 0.29) is 11.7 Å². The molecule has 0 atom stereocenters. The molecule has 0 unspecified atom stereocenters. The number of hydrogen-bond donors (Lipinski definition) is 2. The van der Waals surface area contributed by atoms with Gasteiger partial charge < -0.3 is 10.6 Å². The van der Waals surface area contributed by atoms with Crippen LogP contribution < -0.4 is 10.6 Å². The Bertz CT molecular complexity index is 611. The zero-order valence-corrected chi connectivity index (χ0v) is 12.7. The number of amides is 1. The number of halogens is 1. The molecule has 22 heavy (non-hydrogen) atoms. The summed E-state index contributed by atoms with van der Waals surface area (Å²) in [4.78, 5) is 11.7. The molecule has 3 nitrogen and oxygen atoms in total. The van der Waals surface area contributed by atoms with Crippen LogP contribution in [0.25, 0.3) is 0 Å². The summed E-state index contributed by atoms with van der Waals surface area (Å²) in [7, 11) is 0. The zero-order chi connectivity index (χ0) is 15.8. The minimum atomic E-state index is -0.268. The van der Waals surface area contributed by atoms with E-state index < -0.39 is 0 Å². The molecule has 1 amide bonds. The third kappa shape index (κ3) is 5.66. The predicted molar refractivity (Wildman–Crippen MR) is 85.7 cm³/mol. The third-order valence-corrected chi connectivity index (χ3v) is 3.34. The summed E-state index contributed by atoms with van der Waals surface area (Å²) < 4.78 is 12.8. The molecule has 0 spiro atoms. The van der Waals surface area contributed by atoms with Crippen LogP contribution in [0.1, 0.15) is 23.1 Å². The number of rotatable bonds is 7. The van der Waals surface area contributed by atoms with Crippen molar-refractivity contribution in [2.75, 3.05) is 6.54 Å². The van der Waals surface area contributed by atoms with Gasteiger partial charge in [-0.05, 0) is 30.2 Å². The summed E-state index contributed by atoms with van der Waals surface area (Å²) in [6, 6.07) is 14.4. The van der Waals surface area contributed by atoms with Gasteiger partial charge in [0.25, 0.3) is 0 Å².